The standard InChI is InChI=1S/C25H39N3O7/c1-9-34-19(30)14-15-26-21(31)20(17-10-12-18(29)13-11-17)28(24(3,4)5)22(32)16(2)27-23(33)35-25(6,7)8/h10-13,16,20,29H,9,14-15H2,1-8H3,(H,26,31)(H,27,33). The molecule has 0 aliphatic carbocycles. The van der Waals surface area contributed by atoms with Gasteiger partial charge in [0.1, 0.15) is 23.4 Å². The van der Waals surface area contributed by atoms with Crippen LogP contribution in [0.1, 0.15) is 73.4 Å². The third-order valence-electron chi connectivity index (χ3n) is 4.71. The number of ether oxygens (including phenoxy) is 2. The summed E-state index contributed by atoms with van der Waals surface area (Å²) < 4.78 is 10.1. The number of benzene rings is 1. The van der Waals surface area contributed by atoms with Crippen molar-refractivity contribution in [3.8, 4) is 5.75 Å². The maximum Gasteiger partial charge on any atom is 0.408 e. The Labute approximate surface area is 207 Å². The fourth-order valence-electron chi connectivity index (χ4n) is 3.29. The Bertz CT molecular complexity index is 886. The van der Waals surface area contributed by atoms with Gasteiger partial charge in [-0.1, -0.05) is 12.1 Å². The number of esters is 1. The van der Waals surface area contributed by atoms with E-state index in [0.29, 0.717) is 5.56 Å². The van der Waals surface area contributed by atoms with Gasteiger partial charge in [-0.25, -0.2) is 4.79 Å². The summed E-state index contributed by atoms with van der Waals surface area (Å²) in [6.07, 6.45) is -0.783. The Morgan fingerprint density at radius 3 is 2.09 bits per heavy atom. The summed E-state index contributed by atoms with van der Waals surface area (Å²) >= 11 is 0. The highest BCUT2D eigenvalue weighted by Crippen LogP contribution is 2.30. The molecule has 0 spiro atoms. The molecule has 10 nitrogen and oxygen atoms in total. The van der Waals surface area contributed by atoms with Crippen LogP contribution in [-0.2, 0) is 23.9 Å². The second-order valence-corrected chi connectivity index (χ2v) is 10.1. The van der Waals surface area contributed by atoms with Gasteiger partial charge in [-0.3, -0.25) is 14.4 Å². The number of rotatable bonds is 9. The zero-order valence-electron chi connectivity index (χ0n) is 21.9. The van der Waals surface area contributed by atoms with Crippen molar-refractivity contribution in [3.05, 3.63) is 29.8 Å². The smallest absolute Gasteiger partial charge is 0.408 e. The molecule has 35 heavy (non-hydrogen) atoms. The predicted octanol–water partition coefficient (Wildman–Crippen LogP) is 3.04. The zero-order chi connectivity index (χ0) is 27.0. The number of phenols is 1. The van der Waals surface area contributed by atoms with E-state index in [1.54, 1.807) is 60.6 Å². The quantitative estimate of drug-likeness (QED) is 0.450. The van der Waals surface area contributed by atoms with Crippen LogP contribution in [0.3, 0.4) is 0 Å². The second kappa shape index (κ2) is 12.4. The number of phenolic OH excluding ortho intramolecular Hbond substituents is 1. The van der Waals surface area contributed by atoms with Gasteiger partial charge in [-0.15, -0.1) is 0 Å². The lowest BCUT2D eigenvalue weighted by Crippen LogP contribution is -2.58. The average molecular weight is 494 g/mol. The largest absolute Gasteiger partial charge is 0.508 e. The van der Waals surface area contributed by atoms with Crippen LogP contribution in [0.15, 0.2) is 24.3 Å². The molecule has 3 N–H and O–H groups in total. The molecular weight excluding hydrogens is 454 g/mol. The highest BCUT2D eigenvalue weighted by atomic mass is 16.6. The van der Waals surface area contributed by atoms with E-state index in [0.717, 1.165) is 0 Å². The van der Waals surface area contributed by atoms with Gasteiger partial charge in [0, 0.05) is 12.1 Å². The van der Waals surface area contributed by atoms with Gasteiger partial charge in [0.05, 0.1) is 13.0 Å². The molecule has 0 aliphatic heterocycles. The summed E-state index contributed by atoms with van der Waals surface area (Å²) in [5, 5.41) is 14.9. The summed E-state index contributed by atoms with van der Waals surface area (Å²) in [5.74, 6) is -1.48. The molecule has 0 heterocycles. The average Bonchev–Trinajstić information content (AvgIpc) is 2.70. The Hall–Kier alpha value is -3.30. The van der Waals surface area contributed by atoms with E-state index in [4.69, 9.17) is 9.47 Å². The zero-order valence-corrected chi connectivity index (χ0v) is 21.9. The van der Waals surface area contributed by atoms with Crippen molar-refractivity contribution in [3.63, 3.8) is 0 Å². The Kier molecular flexibility index (Phi) is 10.5. The van der Waals surface area contributed by atoms with Crippen LogP contribution < -0.4 is 10.6 Å². The minimum atomic E-state index is -1.10. The number of aromatic hydroxyl groups is 1. The lowest BCUT2D eigenvalue weighted by molar-refractivity contribution is -0.148. The molecule has 1 aromatic rings. The minimum Gasteiger partial charge on any atom is -0.508 e. The number of carbonyl (C=O) groups excluding carboxylic acids is 4. The van der Waals surface area contributed by atoms with Crippen LogP contribution in [-0.4, -0.2) is 64.2 Å². The maximum atomic E-state index is 13.6. The number of amides is 3. The summed E-state index contributed by atoms with van der Waals surface area (Å²) in [6, 6.07) is 3.82. The normalized spacial score (nSPS) is 13.3. The van der Waals surface area contributed by atoms with Crippen molar-refractivity contribution in [2.45, 2.75) is 85.0 Å². The van der Waals surface area contributed by atoms with Crippen LogP contribution in [0, 0.1) is 0 Å². The fourth-order valence-corrected chi connectivity index (χ4v) is 3.29. The maximum absolute atomic E-state index is 13.6. The first-order chi connectivity index (χ1) is 16.1. The van der Waals surface area contributed by atoms with Gasteiger partial charge in [-0.05, 0) is 73.1 Å². The molecule has 0 bridgehead atoms. The monoisotopic (exact) mass is 493 g/mol. The van der Waals surface area contributed by atoms with Crippen molar-refractivity contribution >= 4 is 23.9 Å². The molecule has 1 rings (SSSR count). The van der Waals surface area contributed by atoms with E-state index < -0.39 is 47.1 Å². The fraction of sp³-hybridized carbons (Fsp3) is 0.600. The SMILES string of the molecule is CCOC(=O)CCNC(=O)C(c1ccc(O)cc1)N(C(=O)C(C)NC(=O)OC(C)(C)C)C(C)(C)C. The van der Waals surface area contributed by atoms with Crippen molar-refractivity contribution in [1.82, 2.24) is 15.5 Å². The molecule has 0 aliphatic rings. The number of hydrogen-bond donors (Lipinski definition) is 3. The van der Waals surface area contributed by atoms with E-state index in [1.807, 2.05) is 0 Å². The molecule has 10 heteroatoms. The highest BCUT2D eigenvalue weighted by Gasteiger charge is 2.40. The Morgan fingerprint density at radius 1 is 1.03 bits per heavy atom. The number of carbonyl (C=O) groups is 4. The van der Waals surface area contributed by atoms with Gasteiger partial charge in [0.25, 0.3) is 0 Å². The first kappa shape index (κ1) is 29.7. The van der Waals surface area contributed by atoms with Crippen LogP contribution in [0.4, 0.5) is 4.79 Å². The number of nitrogens with zero attached hydrogens (tertiary/aromatic N) is 1. The molecule has 0 saturated heterocycles. The summed E-state index contributed by atoms with van der Waals surface area (Å²) in [7, 11) is 0. The van der Waals surface area contributed by atoms with Crippen LogP contribution in [0.5, 0.6) is 5.75 Å². The molecular formula is C25H39N3O7. The van der Waals surface area contributed by atoms with Crippen molar-refractivity contribution in [1.29, 1.82) is 0 Å². The number of nitrogens with one attached hydrogen (secondary N) is 2. The molecule has 0 fully saturated rings. The molecule has 196 valence electrons. The van der Waals surface area contributed by atoms with Crippen molar-refractivity contribution in [2.75, 3.05) is 13.2 Å². The summed E-state index contributed by atoms with van der Waals surface area (Å²) in [4.78, 5) is 52.3. The molecule has 0 saturated carbocycles. The van der Waals surface area contributed by atoms with Gasteiger partial charge in [0.15, 0.2) is 0 Å². The van der Waals surface area contributed by atoms with Crippen molar-refractivity contribution in [2.24, 2.45) is 0 Å². The van der Waals surface area contributed by atoms with E-state index in [-0.39, 0.29) is 25.3 Å². The Balaban J connectivity index is 3.27. The Morgan fingerprint density at radius 2 is 1.60 bits per heavy atom. The van der Waals surface area contributed by atoms with Gasteiger partial charge in [0.2, 0.25) is 11.8 Å². The summed E-state index contributed by atoms with van der Waals surface area (Å²) in [5.41, 5.74) is -1.14. The van der Waals surface area contributed by atoms with Gasteiger partial charge in [-0.2, -0.15) is 0 Å². The van der Waals surface area contributed by atoms with E-state index >= 15 is 0 Å². The number of alkyl carbamates (subject to hydrolysis) is 1. The first-order valence-electron chi connectivity index (χ1n) is 11.6. The topological polar surface area (TPSA) is 134 Å². The van der Waals surface area contributed by atoms with Crippen LogP contribution in [0.2, 0.25) is 0 Å². The first-order valence-corrected chi connectivity index (χ1v) is 11.6. The van der Waals surface area contributed by atoms with Crippen LogP contribution >= 0.6 is 0 Å². The molecule has 2 unspecified atom stereocenters. The van der Waals surface area contributed by atoms with Crippen molar-refractivity contribution < 1.29 is 33.8 Å². The minimum absolute atomic E-state index is 0.00353. The molecule has 3 amide bonds. The molecule has 0 aromatic heterocycles. The lowest BCUT2D eigenvalue weighted by atomic mass is 9.95. The molecule has 1 aromatic carbocycles. The van der Waals surface area contributed by atoms with Gasteiger partial charge >= 0.3 is 12.1 Å². The van der Waals surface area contributed by atoms with E-state index in [9.17, 15) is 24.3 Å². The van der Waals surface area contributed by atoms with E-state index in [2.05, 4.69) is 10.6 Å². The predicted molar refractivity (Wildman–Crippen MR) is 131 cm³/mol. The van der Waals surface area contributed by atoms with Gasteiger partial charge < -0.3 is 30.1 Å². The second-order valence-electron chi connectivity index (χ2n) is 10.1. The van der Waals surface area contributed by atoms with Crippen LogP contribution in [0.25, 0.3) is 0 Å². The molecule has 2 atom stereocenters. The highest BCUT2D eigenvalue weighted by molar-refractivity contribution is 5.92. The van der Waals surface area contributed by atoms with E-state index in [1.165, 1.54) is 24.0 Å². The number of hydrogen-bond acceptors (Lipinski definition) is 7. The molecule has 0 radical (unpaired) electrons. The lowest BCUT2D eigenvalue weighted by Gasteiger charge is -2.42. The third kappa shape index (κ3) is 9.84. The summed E-state index contributed by atoms with van der Waals surface area (Å²) in [6.45, 7) is 13.9. The third-order valence-corrected chi connectivity index (χ3v) is 4.71.